The summed E-state index contributed by atoms with van der Waals surface area (Å²) in [6, 6.07) is 7.56. The fourth-order valence-corrected chi connectivity index (χ4v) is 2.02. The van der Waals surface area contributed by atoms with Gasteiger partial charge in [-0.3, -0.25) is 0 Å². The van der Waals surface area contributed by atoms with Gasteiger partial charge in [-0.15, -0.1) is 0 Å². The van der Waals surface area contributed by atoms with Crippen molar-refractivity contribution in [1.82, 2.24) is 14.8 Å². The minimum absolute atomic E-state index is 0.0811. The molecule has 0 radical (unpaired) electrons. The smallest absolute Gasteiger partial charge is 0.151 e. The molecule has 21 heavy (non-hydrogen) atoms. The van der Waals surface area contributed by atoms with Crippen molar-refractivity contribution in [3.8, 4) is 11.4 Å². The van der Waals surface area contributed by atoms with Gasteiger partial charge in [0.15, 0.2) is 5.82 Å². The van der Waals surface area contributed by atoms with E-state index < -0.39 is 0 Å². The molecule has 1 atom stereocenters. The number of aryl methyl sites for hydroxylation is 1. The van der Waals surface area contributed by atoms with Crippen molar-refractivity contribution in [3.05, 3.63) is 35.9 Å². The summed E-state index contributed by atoms with van der Waals surface area (Å²) in [5.41, 5.74) is 7.25. The van der Waals surface area contributed by atoms with Gasteiger partial charge in [0.05, 0.1) is 18.8 Å². The molecule has 0 fully saturated rings. The summed E-state index contributed by atoms with van der Waals surface area (Å²) in [6.07, 6.45) is 0.785. The van der Waals surface area contributed by atoms with Gasteiger partial charge in [0.25, 0.3) is 0 Å². The molecule has 1 aromatic carbocycles. The number of hydrogen-bond acceptors (Lipinski definition) is 4. The van der Waals surface area contributed by atoms with E-state index >= 15 is 0 Å². The van der Waals surface area contributed by atoms with Crippen molar-refractivity contribution >= 4 is 0 Å². The molecule has 0 spiro atoms. The highest BCUT2D eigenvalue weighted by Gasteiger charge is 2.28. The molecule has 2 rings (SSSR count). The summed E-state index contributed by atoms with van der Waals surface area (Å²) in [5.74, 6) is 2.42. The van der Waals surface area contributed by atoms with Crippen LogP contribution in [0.25, 0.3) is 5.69 Å². The third-order valence-corrected chi connectivity index (χ3v) is 3.52. The molecule has 2 aromatic rings. The molecule has 0 aliphatic heterocycles. The number of benzene rings is 1. The predicted octanol–water partition coefficient (Wildman–Crippen LogP) is 2.88. The minimum atomic E-state index is -0.188. The number of ether oxygens (including phenoxy) is 1. The first kappa shape index (κ1) is 15.5. The van der Waals surface area contributed by atoms with Gasteiger partial charge in [-0.1, -0.05) is 27.7 Å². The quantitative estimate of drug-likeness (QED) is 0.939. The predicted molar refractivity (Wildman–Crippen MR) is 83.7 cm³/mol. The number of methoxy groups -OCH3 is 1. The van der Waals surface area contributed by atoms with E-state index in [1.165, 1.54) is 0 Å². The van der Waals surface area contributed by atoms with Crippen LogP contribution in [-0.4, -0.2) is 21.9 Å². The second-order valence-corrected chi connectivity index (χ2v) is 6.19. The molecule has 5 heteroatoms. The fourth-order valence-electron chi connectivity index (χ4n) is 2.02. The Bertz CT molecular complexity index is 596. The Labute approximate surface area is 126 Å². The zero-order chi connectivity index (χ0) is 15.6. The van der Waals surface area contributed by atoms with E-state index in [2.05, 4.69) is 30.9 Å². The molecule has 114 valence electrons. The van der Waals surface area contributed by atoms with Crippen molar-refractivity contribution in [3.63, 3.8) is 0 Å². The van der Waals surface area contributed by atoms with E-state index in [1.807, 2.05) is 35.9 Å². The molecule has 5 nitrogen and oxygen atoms in total. The van der Waals surface area contributed by atoms with Crippen LogP contribution in [0, 0.1) is 5.41 Å². The van der Waals surface area contributed by atoms with Crippen LogP contribution in [0.5, 0.6) is 5.75 Å². The van der Waals surface area contributed by atoms with E-state index in [0.717, 1.165) is 29.5 Å². The fraction of sp³-hybridized carbons (Fsp3) is 0.500. The second kappa shape index (κ2) is 5.85. The Balaban J connectivity index is 2.48. The third-order valence-electron chi connectivity index (χ3n) is 3.52. The van der Waals surface area contributed by atoms with Gasteiger partial charge in [0.2, 0.25) is 0 Å². The van der Waals surface area contributed by atoms with E-state index in [-0.39, 0.29) is 11.5 Å². The van der Waals surface area contributed by atoms with Crippen LogP contribution in [0.15, 0.2) is 24.3 Å². The minimum Gasteiger partial charge on any atom is -0.497 e. The summed E-state index contributed by atoms with van der Waals surface area (Å²) >= 11 is 0. The Morgan fingerprint density at radius 3 is 2.33 bits per heavy atom. The summed E-state index contributed by atoms with van der Waals surface area (Å²) in [4.78, 5) is 4.61. The Morgan fingerprint density at radius 2 is 1.86 bits per heavy atom. The van der Waals surface area contributed by atoms with Crippen molar-refractivity contribution in [2.24, 2.45) is 11.1 Å². The normalized spacial score (nSPS) is 13.2. The first-order valence-corrected chi connectivity index (χ1v) is 7.22. The molecule has 0 saturated heterocycles. The lowest BCUT2D eigenvalue weighted by Gasteiger charge is -2.26. The molecule has 0 saturated carbocycles. The Hall–Kier alpha value is -1.88. The number of nitrogens with two attached hydrogens (primary N) is 1. The largest absolute Gasteiger partial charge is 0.497 e. The first-order chi connectivity index (χ1) is 9.86. The SMILES string of the molecule is CCc1nc([C@@H](N)C(C)(C)C)n(-c2ccc(OC)cc2)n1. The lowest BCUT2D eigenvalue weighted by Crippen LogP contribution is -2.29. The lowest BCUT2D eigenvalue weighted by molar-refractivity contribution is 0.311. The average Bonchev–Trinajstić information content (AvgIpc) is 2.89. The molecule has 0 amide bonds. The molecule has 1 aromatic heterocycles. The topological polar surface area (TPSA) is 66.0 Å². The summed E-state index contributed by atoms with van der Waals surface area (Å²) in [6.45, 7) is 8.36. The first-order valence-electron chi connectivity index (χ1n) is 7.22. The molecule has 0 unspecified atom stereocenters. The molecule has 1 heterocycles. The maximum atomic E-state index is 6.39. The van der Waals surface area contributed by atoms with Crippen molar-refractivity contribution in [2.45, 2.75) is 40.2 Å². The number of hydrogen-bond donors (Lipinski definition) is 1. The van der Waals surface area contributed by atoms with Crippen LogP contribution in [-0.2, 0) is 6.42 Å². The maximum absolute atomic E-state index is 6.39. The van der Waals surface area contributed by atoms with Crippen LogP contribution in [0.3, 0.4) is 0 Å². The zero-order valence-electron chi connectivity index (χ0n) is 13.4. The molecule has 0 aliphatic carbocycles. The number of rotatable bonds is 4. The highest BCUT2D eigenvalue weighted by molar-refractivity contribution is 5.37. The van der Waals surface area contributed by atoms with Gasteiger partial charge in [0, 0.05) is 6.42 Å². The van der Waals surface area contributed by atoms with E-state index in [0.29, 0.717) is 0 Å². The van der Waals surface area contributed by atoms with Crippen LogP contribution >= 0.6 is 0 Å². The monoisotopic (exact) mass is 288 g/mol. The van der Waals surface area contributed by atoms with E-state index in [9.17, 15) is 0 Å². The van der Waals surface area contributed by atoms with Crippen LogP contribution in [0.4, 0.5) is 0 Å². The molecule has 0 aliphatic rings. The third kappa shape index (κ3) is 3.24. The van der Waals surface area contributed by atoms with Crippen molar-refractivity contribution in [1.29, 1.82) is 0 Å². The second-order valence-electron chi connectivity index (χ2n) is 6.19. The zero-order valence-corrected chi connectivity index (χ0v) is 13.4. The van der Waals surface area contributed by atoms with Crippen LogP contribution in [0.1, 0.15) is 45.4 Å². The number of nitrogens with zero attached hydrogens (tertiary/aromatic N) is 3. The molecular formula is C16H24N4O. The van der Waals surface area contributed by atoms with Gasteiger partial charge in [-0.05, 0) is 29.7 Å². The van der Waals surface area contributed by atoms with Gasteiger partial charge in [-0.25, -0.2) is 9.67 Å². The molecule has 2 N–H and O–H groups in total. The van der Waals surface area contributed by atoms with Crippen molar-refractivity contribution in [2.75, 3.05) is 7.11 Å². The highest BCUT2D eigenvalue weighted by Crippen LogP contribution is 2.30. The van der Waals surface area contributed by atoms with E-state index in [1.54, 1.807) is 7.11 Å². The standard InChI is InChI=1S/C16H24N4O/c1-6-13-18-15(14(17)16(2,3)4)20(19-13)11-7-9-12(21-5)10-8-11/h7-10,14H,6,17H2,1-5H3/t14-/m1/s1. The molecule has 0 bridgehead atoms. The van der Waals surface area contributed by atoms with Crippen molar-refractivity contribution < 1.29 is 4.74 Å². The molecular weight excluding hydrogens is 264 g/mol. The van der Waals surface area contributed by atoms with E-state index in [4.69, 9.17) is 10.5 Å². The lowest BCUT2D eigenvalue weighted by atomic mass is 9.87. The van der Waals surface area contributed by atoms with Gasteiger partial charge in [-0.2, -0.15) is 5.10 Å². The van der Waals surface area contributed by atoms with Gasteiger partial charge in [0.1, 0.15) is 11.6 Å². The van der Waals surface area contributed by atoms with Crippen LogP contribution < -0.4 is 10.5 Å². The number of aromatic nitrogens is 3. The maximum Gasteiger partial charge on any atom is 0.151 e. The van der Waals surface area contributed by atoms with Gasteiger partial charge < -0.3 is 10.5 Å². The summed E-state index contributed by atoms with van der Waals surface area (Å²) in [7, 11) is 1.65. The Kier molecular flexibility index (Phi) is 4.32. The van der Waals surface area contributed by atoms with Gasteiger partial charge >= 0.3 is 0 Å². The summed E-state index contributed by atoms with van der Waals surface area (Å²) < 4.78 is 7.03. The van der Waals surface area contributed by atoms with Crippen LogP contribution in [0.2, 0.25) is 0 Å². The summed E-state index contributed by atoms with van der Waals surface area (Å²) in [5, 5.41) is 4.57. The highest BCUT2D eigenvalue weighted by atomic mass is 16.5. The Morgan fingerprint density at radius 1 is 1.24 bits per heavy atom. The average molecular weight is 288 g/mol.